The van der Waals surface area contributed by atoms with E-state index >= 15 is 0 Å². The molecule has 0 saturated heterocycles. The van der Waals surface area contributed by atoms with Gasteiger partial charge < -0.3 is 10.9 Å². The van der Waals surface area contributed by atoms with Crippen LogP contribution in [0.25, 0.3) is 0 Å². The number of carbonyl (C=O) groups excluding carboxylic acids is 1. The van der Waals surface area contributed by atoms with Gasteiger partial charge in [0, 0.05) is 4.65 Å². The summed E-state index contributed by atoms with van der Waals surface area (Å²) in [6.07, 6.45) is 0. The molecule has 2 nitrogen and oxygen atoms in total. The summed E-state index contributed by atoms with van der Waals surface area (Å²) in [5, 5.41) is 2.26. The van der Waals surface area contributed by atoms with Crippen LogP contribution in [0.2, 0.25) is 10.6 Å². The Balaban J connectivity index is 0. The van der Waals surface area contributed by atoms with Crippen LogP contribution in [-0.4, -0.2) is 18.8 Å². The Morgan fingerprint density at radius 1 is 1.33 bits per heavy atom. The molecule has 0 unspecified atom stereocenters. The predicted molar refractivity (Wildman–Crippen MR) is 42.4 cm³/mol. The van der Waals surface area contributed by atoms with Crippen LogP contribution in [0.1, 0.15) is 20.8 Å². The first-order valence-electron chi connectivity index (χ1n) is 3.22. The predicted octanol–water partition coefficient (Wildman–Crippen LogP) is 1.81. The van der Waals surface area contributed by atoms with Crippen LogP contribution in [0.3, 0.4) is 0 Å². The van der Waals surface area contributed by atoms with E-state index < -0.39 is 14.1 Å². The molecule has 54 valence electrons. The molecule has 9 heavy (non-hydrogen) atoms. The molecule has 0 bridgehead atoms. The lowest BCUT2D eigenvalue weighted by molar-refractivity contribution is -0.110. The van der Waals surface area contributed by atoms with Crippen molar-refractivity contribution in [2.24, 2.45) is 0 Å². The van der Waals surface area contributed by atoms with Crippen LogP contribution in [0.15, 0.2) is 0 Å². The Labute approximate surface area is 61.6 Å². The highest BCUT2D eigenvalue weighted by atomic mass is 27.2. The summed E-state index contributed by atoms with van der Waals surface area (Å²) in [6, 6.07) is 0. The van der Waals surface area contributed by atoms with Gasteiger partial charge in [0.05, 0.1) is 0 Å². The van der Waals surface area contributed by atoms with Gasteiger partial charge in [-0.2, -0.15) is 0 Å². The molecule has 0 fully saturated rings. The standard InChI is InChI=1S/C2H3O.2C2H5.Al.H3N/c1-2-3;2*1-2;;/h1H3;2*1H2,2H3;;1H3. The van der Waals surface area contributed by atoms with Gasteiger partial charge in [0.25, 0.3) is 0 Å². The van der Waals surface area contributed by atoms with Crippen LogP contribution >= 0.6 is 0 Å². The maximum Gasteiger partial charge on any atom is 0.364 e. The summed E-state index contributed by atoms with van der Waals surface area (Å²) < 4.78 is 0.468. The molecule has 0 aromatic carbocycles. The third-order valence-corrected chi connectivity index (χ3v) is 4.68. The minimum absolute atomic E-state index is 0. The number of hydrogen-bond acceptors (Lipinski definition) is 2. The summed E-state index contributed by atoms with van der Waals surface area (Å²) in [7, 11) is 0. The normalized spacial score (nSPS) is 7.89. The fraction of sp³-hybridized carbons (Fsp3) is 0.833. The van der Waals surface area contributed by atoms with Crippen LogP contribution < -0.4 is 6.15 Å². The second-order valence-corrected chi connectivity index (χ2v) is 5.96. The minimum Gasteiger partial charge on any atom is -0.344 e. The molecule has 0 atom stereocenters. The SMILES string of the molecule is C[CH2][Al]([CH2]C)[C](C)=O.N. The van der Waals surface area contributed by atoms with E-state index in [1.165, 1.54) is 0 Å². The molecule has 0 amide bonds. The Kier molecular flexibility index (Phi) is 8.31. The van der Waals surface area contributed by atoms with E-state index in [-0.39, 0.29) is 6.15 Å². The lowest BCUT2D eigenvalue weighted by Gasteiger charge is -1.96. The summed E-state index contributed by atoms with van der Waals surface area (Å²) in [4.78, 5) is 10.7. The summed E-state index contributed by atoms with van der Waals surface area (Å²) >= 11 is -0.904. The molecule has 0 saturated carbocycles. The summed E-state index contributed by atoms with van der Waals surface area (Å²) in [5.41, 5.74) is 0. The number of carbonyl (C=O) groups is 1. The Morgan fingerprint density at radius 2 is 1.67 bits per heavy atom. The van der Waals surface area contributed by atoms with Crippen LogP contribution in [-0.2, 0) is 4.79 Å². The van der Waals surface area contributed by atoms with Crippen molar-refractivity contribution in [3.63, 3.8) is 0 Å². The van der Waals surface area contributed by atoms with Crippen LogP contribution in [0.4, 0.5) is 0 Å². The first kappa shape index (κ1) is 11.9. The lowest BCUT2D eigenvalue weighted by Crippen LogP contribution is -2.19. The van der Waals surface area contributed by atoms with Crippen LogP contribution in [0.5, 0.6) is 0 Å². The Hall–Kier alpha value is 0.162. The second-order valence-electron chi connectivity index (χ2n) is 2.12. The molecule has 0 aromatic rings. The third kappa shape index (κ3) is 4.65. The molecule has 0 aliphatic rings. The molecule has 0 aliphatic heterocycles. The highest BCUT2D eigenvalue weighted by Gasteiger charge is 2.16. The molecule has 0 rings (SSSR count). The van der Waals surface area contributed by atoms with Gasteiger partial charge in [-0.05, 0) is 6.92 Å². The van der Waals surface area contributed by atoms with Gasteiger partial charge in [-0.3, -0.25) is 0 Å². The fourth-order valence-corrected chi connectivity index (χ4v) is 2.59. The molecular formula is C6H16AlNO. The zero-order valence-corrected chi connectivity index (χ0v) is 7.76. The number of hydrogen-bond donors (Lipinski definition) is 1. The molecule has 0 radical (unpaired) electrons. The highest BCUT2D eigenvalue weighted by molar-refractivity contribution is 6.89. The maximum absolute atomic E-state index is 10.7. The van der Waals surface area contributed by atoms with Crippen molar-refractivity contribution < 1.29 is 4.79 Å². The molecule has 3 heteroatoms. The van der Waals surface area contributed by atoms with Crippen molar-refractivity contribution >= 4 is 18.8 Å². The Bertz CT molecular complexity index is 81.1. The topological polar surface area (TPSA) is 52.1 Å². The zero-order valence-electron chi connectivity index (χ0n) is 6.61. The van der Waals surface area contributed by atoms with Gasteiger partial charge in [-0.15, -0.1) is 0 Å². The first-order valence-corrected chi connectivity index (χ1v) is 5.43. The molecule has 0 spiro atoms. The third-order valence-electron chi connectivity index (χ3n) is 1.56. The van der Waals surface area contributed by atoms with E-state index in [4.69, 9.17) is 0 Å². The smallest absolute Gasteiger partial charge is 0.344 e. The van der Waals surface area contributed by atoms with Gasteiger partial charge in [-0.1, -0.05) is 24.4 Å². The maximum atomic E-state index is 10.7. The molecule has 3 N–H and O–H groups in total. The molecular weight excluding hydrogens is 129 g/mol. The van der Waals surface area contributed by atoms with Crippen molar-refractivity contribution in [3.8, 4) is 0 Å². The molecule has 0 heterocycles. The van der Waals surface area contributed by atoms with E-state index in [1.54, 1.807) is 6.92 Å². The van der Waals surface area contributed by atoms with E-state index in [0.29, 0.717) is 4.65 Å². The van der Waals surface area contributed by atoms with Crippen molar-refractivity contribution in [2.75, 3.05) is 0 Å². The van der Waals surface area contributed by atoms with Gasteiger partial charge in [0.15, 0.2) is 0 Å². The quantitative estimate of drug-likeness (QED) is 0.616. The largest absolute Gasteiger partial charge is 0.364 e. The average Bonchev–Trinajstić information content (AvgIpc) is 1.69. The van der Waals surface area contributed by atoms with Crippen molar-refractivity contribution in [1.82, 2.24) is 6.15 Å². The molecule has 0 aromatic heterocycles. The molecule has 0 aliphatic carbocycles. The van der Waals surface area contributed by atoms with Gasteiger partial charge in [-0.25, -0.2) is 0 Å². The zero-order chi connectivity index (χ0) is 6.57. The second kappa shape index (κ2) is 6.28. The van der Waals surface area contributed by atoms with Gasteiger partial charge >= 0.3 is 14.1 Å². The minimum atomic E-state index is -0.904. The lowest BCUT2D eigenvalue weighted by atomic mass is 10.9. The Morgan fingerprint density at radius 3 is 1.67 bits per heavy atom. The van der Waals surface area contributed by atoms with E-state index in [2.05, 4.69) is 13.8 Å². The van der Waals surface area contributed by atoms with Crippen LogP contribution in [0, 0.1) is 0 Å². The highest BCUT2D eigenvalue weighted by Crippen LogP contribution is 1.97. The van der Waals surface area contributed by atoms with Crippen molar-refractivity contribution in [3.05, 3.63) is 0 Å². The van der Waals surface area contributed by atoms with E-state index in [9.17, 15) is 4.79 Å². The van der Waals surface area contributed by atoms with E-state index in [1.807, 2.05) is 0 Å². The van der Waals surface area contributed by atoms with Gasteiger partial charge in [0.1, 0.15) is 0 Å². The van der Waals surface area contributed by atoms with E-state index in [0.717, 1.165) is 10.6 Å². The number of rotatable bonds is 3. The van der Waals surface area contributed by atoms with Gasteiger partial charge in [0.2, 0.25) is 0 Å². The monoisotopic (exact) mass is 145 g/mol. The average molecular weight is 145 g/mol. The summed E-state index contributed by atoms with van der Waals surface area (Å²) in [6.45, 7) is 5.95. The van der Waals surface area contributed by atoms with Crippen molar-refractivity contribution in [1.29, 1.82) is 0 Å². The fourth-order valence-electron chi connectivity index (χ4n) is 0.864. The first-order chi connectivity index (χ1) is 3.72. The summed E-state index contributed by atoms with van der Waals surface area (Å²) in [5.74, 6) is 0. The van der Waals surface area contributed by atoms with Crippen molar-refractivity contribution in [2.45, 2.75) is 31.3 Å².